The van der Waals surface area contributed by atoms with Crippen molar-refractivity contribution in [1.82, 2.24) is 0 Å². The Kier molecular flexibility index (Phi) is 8.25. The number of hydrogen-bond donors (Lipinski definition) is 0. The molecular formula is C18H29NO4S. The van der Waals surface area contributed by atoms with Crippen LogP contribution in [0.15, 0.2) is 24.3 Å². The SMILES string of the molecule is CCS(=O)(=O)N(C)c1ccccc1C(=O)OCCCCCC(C)C. The summed E-state index contributed by atoms with van der Waals surface area (Å²) in [5.41, 5.74) is 0.628. The third-order valence-corrected chi connectivity index (χ3v) is 5.67. The molecule has 1 aromatic carbocycles. The quantitative estimate of drug-likeness (QED) is 0.472. The average molecular weight is 356 g/mol. The standard InChI is InChI=1S/C18H29NO4S/c1-5-24(21,22)19(4)17-13-9-8-12-16(17)18(20)23-14-10-6-7-11-15(2)3/h8-9,12-13,15H,5-7,10-11,14H2,1-4H3. The molecule has 0 fully saturated rings. The lowest BCUT2D eigenvalue weighted by Crippen LogP contribution is -2.29. The van der Waals surface area contributed by atoms with Crippen LogP contribution in [0.3, 0.4) is 0 Å². The number of hydrogen-bond acceptors (Lipinski definition) is 4. The van der Waals surface area contributed by atoms with E-state index in [1.807, 2.05) is 0 Å². The molecule has 0 aliphatic heterocycles. The van der Waals surface area contributed by atoms with Gasteiger partial charge in [0.25, 0.3) is 0 Å². The second kappa shape index (κ2) is 9.67. The van der Waals surface area contributed by atoms with Crippen molar-refractivity contribution >= 4 is 21.7 Å². The molecule has 0 unspecified atom stereocenters. The van der Waals surface area contributed by atoms with E-state index in [9.17, 15) is 13.2 Å². The maximum absolute atomic E-state index is 12.3. The van der Waals surface area contributed by atoms with E-state index in [0.29, 0.717) is 18.2 Å². The Bertz CT molecular complexity index is 626. The molecule has 0 aliphatic rings. The molecule has 0 saturated carbocycles. The molecule has 0 radical (unpaired) electrons. The molecule has 1 aromatic rings. The molecule has 0 bridgehead atoms. The van der Waals surface area contributed by atoms with Crippen LogP contribution in [0.4, 0.5) is 5.69 Å². The lowest BCUT2D eigenvalue weighted by Gasteiger charge is -2.20. The molecule has 0 heterocycles. The zero-order chi connectivity index (χ0) is 18.2. The van der Waals surface area contributed by atoms with Gasteiger partial charge in [-0.3, -0.25) is 4.31 Å². The molecule has 0 N–H and O–H groups in total. The van der Waals surface area contributed by atoms with E-state index in [1.54, 1.807) is 31.2 Å². The van der Waals surface area contributed by atoms with Crippen molar-refractivity contribution in [2.45, 2.75) is 46.5 Å². The molecule has 0 aromatic heterocycles. The summed E-state index contributed by atoms with van der Waals surface area (Å²) in [6.45, 7) is 6.31. The zero-order valence-electron chi connectivity index (χ0n) is 15.1. The number of para-hydroxylation sites is 1. The van der Waals surface area contributed by atoms with E-state index < -0.39 is 16.0 Å². The first-order valence-electron chi connectivity index (χ1n) is 8.52. The second-order valence-corrected chi connectivity index (χ2v) is 8.55. The van der Waals surface area contributed by atoms with Gasteiger partial charge in [-0.1, -0.05) is 45.2 Å². The summed E-state index contributed by atoms with van der Waals surface area (Å²) in [6.07, 6.45) is 4.15. The highest BCUT2D eigenvalue weighted by Crippen LogP contribution is 2.23. The smallest absolute Gasteiger partial charge is 0.340 e. The molecular weight excluding hydrogens is 326 g/mol. The monoisotopic (exact) mass is 355 g/mol. The van der Waals surface area contributed by atoms with Gasteiger partial charge < -0.3 is 4.74 Å². The minimum atomic E-state index is -3.42. The van der Waals surface area contributed by atoms with E-state index in [-0.39, 0.29) is 11.3 Å². The first-order valence-corrected chi connectivity index (χ1v) is 10.1. The van der Waals surface area contributed by atoms with Gasteiger partial charge in [-0.2, -0.15) is 0 Å². The van der Waals surface area contributed by atoms with Crippen LogP contribution in [0.1, 0.15) is 56.8 Å². The predicted octanol–water partition coefficient (Wildman–Crippen LogP) is 3.85. The second-order valence-electron chi connectivity index (χ2n) is 6.26. The molecule has 0 spiro atoms. The van der Waals surface area contributed by atoms with Crippen molar-refractivity contribution in [2.24, 2.45) is 5.92 Å². The first kappa shape index (κ1) is 20.5. The number of unbranched alkanes of at least 4 members (excludes halogenated alkanes) is 2. The van der Waals surface area contributed by atoms with Crippen LogP contribution < -0.4 is 4.31 Å². The maximum atomic E-state index is 12.3. The van der Waals surface area contributed by atoms with Crippen LogP contribution >= 0.6 is 0 Å². The third-order valence-electron chi connectivity index (χ3n) is 3.90. The summed E-state index contributed by atoms with van der Waals surface area (Å²) in [5.74, 6) is 0.186. The van der Waals surface area contributed by atoms with Crippen LogP contribution in [0.25, 0.3) is 0 Å². The fourth-order valence-corrected chi connectivity index (χ4v) is 3.18. The molecule has 0 amide bonds. The minimum Gasteiger partial charge on any atom is -0.462 e. The number of benzene rings is 1. The normalized spacial score (nSPS) is 11.5. The summed E-state index contributed by atoms with van der Waals surface area (Å²) in [6, 6.07) is 6.62. The van der Waals surface area contributed by atoms with Gasteiger partial charge in [-0.25, -0.2) is 13.2 Å². The number of sulfonamides is 1. The highest BCUT2D eigenvalue weighted by Gasteiger charge is 2.22. The topological polar surface area (TPSA) is 63.7 Å². The van der Waals surface area contributed by atoms with Crippen molar-refractivity contribution in [1.29, 1.82) is 0 Å². The van der Waals surface area contributed by atoms with Gasteiger partial charge in [0, 0.05) is 7.05 Å². The molecule has 1 rings (SSSR count). The molecule has 5 nitrogen and oxygen atoms in total. The molecule has 0 aliphatic carbocycles. The Morgan fingerprint density at radius 3 is 2.46 bits per heavy atom. The van der Waals surface area contributed by atoms with E-state index in [4.69, 9.17) is 4.74 Å². The largest absolute Gasteiger partial charge is 0.462 e. The van der Waals surface area contributed by atoms with E-state index in [1.165, 1.54) is 13.5 Å². The van der Waals surface area contributed by atoms with E-state index in [0.717, 1.165) is 23.6 Å². The summed E-state index contributed by atoms with van der Waals surface area (Å²) in [4.78, 5) is 12.3. The van der Waals surface area contributed by atoms with Crippen LogP contribution in [-0.2, 0) is 14.8 Å². The minimum absolute atomic E-state index is 0.0251. The lowest BCUT2D eigenvalue weighted by atomic mass is 10.1. The van der Waals surface area contributed by atoms with Gasteiger partial charge >= 0.3 is 5.97 Å². The summed E-state index contributed by atoms with van der Waals surface area (Å²) in [5, 5.41) is 0. The zero-order valence-corrected chi connectivity index (χ0v) is 15.9. The number of anilines is 1. The molecule has 0 atom stereocenters. The van der Waals surface area contributed by atoms with E-state index in [2.05, 4.69) is 13.8 Å². The Balaban J connectivity index is 2.65. The first-order chi connectivity index (χ1) is 11.3. The number of rotatable bonds is 10. The van der Waals surface area contributed by atoms with Crippen LogP contribution in [0.2, 0.25) is 0 Å². The molecule has 0 saturated heterocycles. The van der Waals surface area contributed by atoms with Crippen LogP contribution in [-0.4, -0.2) is 33.8 Å². The van der Waals surface area contributed by atoms with Gasteiger partial charge in [0.05, 0.1) is 23.6 Å². The van der Waals surface area contributed by atoms with Gasteiger partial charge in [-0.15, -0.1) is 0 Å². The number of esters is 1. The highest BCUT2D eigenvalue weighted by atomic mass is 32.2. The Labute approximate surface area is 146 Å². The fraction of sp³-hybridized carbons (Fsp3) is 0.611. The summed E-state index contributed by atoms with van der Waals surface area (Å²) < 4.78 is 30.5. The van der Waals surface area contributed by atoms with Gasteiger partial charge in [-0.05, 0) is 31.4 Å². The number of carbonyl (C=O) groups excluding carboxylic acids is 1. The van der Waals surface area contributed by atoms with Crippen LogP contribution in [0, 0.1) is 5.92 Å². The summed E-state index contributed by atoms with van der Waals surface area (Å²) >= 11 is 0. The van der Waals surface area contributed by atoms with Gasteiger partial charge in [0.1, 0.15) is 0 Å². The van der Waals surface area contributed by atoms with Crippen molar-refractivity contribution in [3.8, 4) is 0 Å². The molecule has 136 valence electrons. The van der Waals surface area contributed by atoms with Crippen LogP contribution in [0.5, 0.6) is 0 Å². The number of carbonyl (C=O) groups is 1. The van der Waals surface area contributed by atoms with Gasteiger partial charge in [0.15, 0.2) is 0 Å². The highest BCUT2D eigenvalue weighted by molar-refractivity contribution is 7.92. The average Bonchev–Trinajstić information content (AvgIpc) is 2.56. The fourth-order valence-electron chi connectivity index (χ4n) is 2.34. The number of nitrogens with zero attached hydrogens (tertiary/aromatic N) is 1. The van der Waals surface area contributed by atoms with Crippen molar-refractivity contribution in [2.75, 3.05) is 23.7 Å². The Morgan fingerprint density at radius 1 is 1.17 bits per heavy atom. The van der Waals surface area contributed by atoms with Crippen molar-refractivity contribution in [3.63, 3.8) is 0 Å². The predicted molar refractivity (Wildman–Crippen MR) is 97.9 cm³/mol. The maximum Gasteiger partial charge on any atom is 0.340 e. The molecule has 6 heteroatoms. The van der Waals surface area contributed by atoms with E-state index >= 15 is 0 Å². The number of ether oxygens (including phenoxy) is 1. The van der Waals surface area contributed by atoms with Crippen molar-refractivity contribution < 1.29 is 17.9 Å². The third kappa shape index (κ3) is 6.15. The van der Waals surface area contributed by atoms with Gasteiger partial charge in [0.2, 0.25) is 10.0 Å². The molecule has 24 heavy (non-hydrogen) atoms. The summed E-state index contributed by atoms with van der Waals surface area (Å²) in [7, 11) is -1.97. The lowest BCUT2D eigenvalue weighted by molar-refractivity contribution is 0.0498. The Hall–Kier alpha value is -1.56. The van der Waals surface area contributed by atoms with Crippen molar-refractivity contribution in [3.05, 3.63) is 29.8 Å². The Morgan fingerprint density at radius 2 is 1.83 bits per heavy atom.